The first kappa shape index (κ1) is 18.8. The molecule has 3 fully saturated rings. The van der Waals surface area contributed by atoms with E-state index in [-0.39, 0.29) is 5.82 Å². The van der Waals surface area contributed by atoms with Crippen LogP contribution in [0, 0.1) is 24.6 Å². The Bertz CT molecular complexity index is 898. The highest BCUT2D eigenvalue weighted by Crippen LogP contribution is 2.35. The molecule has 4 aliphatic rings. The van der Waals surface area contributed by atoms with Gasteiger partial charge < -0.3 is 9.80 Å². The Kier molecular flexibility index (Phi) is 4.90. The number of nitrogens with zero attached hydrogens (tertiary/aromatic N) is 4. The number of rotatable bonds is 4. The average molecular weight is 397 g/mol. The highest BCUT2D eigenvalue weighted by molar-refractivity contribution is 5.77. The van der Waals surface area contributed by atoms with E-state index in [9.17, 15) is 9.18 Å². The molecule has 1 aromatic carbocycles. The molecule has 1 amide bonds. The van der Waals surface area contributed by atoms with Crippen molar-refractivity contribution >= 4 is 5.91 Å². The molecule has 0 radical (unpaired) electrons. The molecular formula is C23H29FN4O. The molecule has 29 heavy (non-hydrogen) atoms. The van der Waals surface area contributed by atoms with Gasteiger partial charge in [-0.05, 0) is 74.4 Å². The van der Waals surface area contributed by atoms with Crippen molar-refractivity contribution in [2.24, 2.45) is 11.8 Å². The maximum atomic E-state index is 13.2. The van der Waals surface area contributed by atoms with E-state index in [0.29, 0.717) is 31.3 Å². The summed E-state index contributed by atoms with van der Waals surface area (Å²) in [6.07, 6.45) is 4.07. The maximum Gasteiger partial charge on any atom is 0.223 e. The number of carbonyl (C=O) groups is 1. The van der Waals surface area contributed by atoms with Crippen LogP contribution in [0.1, 0.15) is 41.8 Å². The first-order chi connectivity index (χ1) is 14.1. The number of aryl methyl sites for hydroxylation is 1. The number of hydrogen-bond acceptors (Lipinski definition) is 3. The standard InChI is InChI=1S/C23H29FN4O/c1-16-21-8-11-27(23(29)12-19-14-26-9-6-18(19)7-10-26)15-22(21)28(25-16)13-17-2-4-20(24)5-3-17/h2-5,18-19H,6-15H2,1H3. The highest BCUT2D eigenvalue weighted by Gasteiger charge is 2.36. The van der Waals surface area contributed by atoms with Gasteiger partial charge in [-0.25, -0.2) is 4.39 Å². The zero-order chi connectivity index (χ0) is 20.0. The quantitative estimate of drug-likeness (QED) is 0.798. The fourth-order valence-electron chi connectivity index (χ4n) is 5.45. The number of piperidine rings is 3. The van der Waals surface area contributed by atoms with Crippen molar-refractivity contribution in [1.29, 1.82) is 0 Å². The van der Waals surface area contributed by atoms with Crippen LogP contribution in [0.5, 0.6) is 0 Å². The lowest BCUT2D eigenvalue weighted by atomic mass is 9.77. The highest BCUT2D eigenvalue weighted by atomic mass is 19.1. The van der Waals surface area contributed by atoms with Gasteiger partial charge in [0.1, 0.15) is 5.82 Å². The molecule has 1 aromatic heterocycles. The molecule has 3 saturated heterocycles. The third-order valence-electron chi connectivity index (χ3n) is 7.17. The van der Waals surface area contributed by atoms with E-state index in [1.165, 1.54) is 43.6 Å². The van der Waals surface area contributed by atoms with Gasteiger partial charge in [-0.1, -0.05) is 12.1 Å². The summed E-state index contributed by atoms with van der Waals surface area (Å²) in [6.45, 7) is 7.60. The summed E-state index contributed by atoms with van der Waals surface area (Å²) in [7, 11) is 0. The van der Waals surface area contributed by atoms with Crippen molar-refractivity contribution in [1.82, 2.24) is 19.6 Å². The number of halogens is 1. The Morgan fingerprint density at radius 1 is 1.17 bits per heavy atom. The van der Waals surface area contributed by atoms with E-state index in [1.807, 2.05) is 16.5 Å². The predicted octanol–water partition coefficient (Wildman–Crippen LogP) is 3.00. The van der Waals surface area contributed by atoms with Gasteiger partial charge in [-0.15, -0.1) is 0 Å². The first-order valence-corrected chi connectivity index (χ1v) is 10.9. The van der Waals surface area contributed by atoms with Gasteiger partial charge in [0.15, 0.2) is 0 Å². The van der Waals surface area contributed by atoms with Crippen molar-refractivity contribution in [2.75, 3.05) is 26.2 Å². The van der Waals surface area contributed by atoms with Crippen LogP contribution in [0.4, 0.5) is 4.39 Å². The van der Waals surface area contributed by atoms with Crippen LogP contribution < -0.4 is 0 Å². The molecule has 1 atom stereocenters. The minimum atomic E-state index is -0.225. The summed E-state index contributed by atoms with van der Waals surface area (Å²) in [5, 5.41) is 4.73. The van der Waals surface area contributed by atoms with Gasteiger partial charge in [0.2, 0.25) is 5.91 Å². The molecular weight excluding hydrogens is 367 g/mol. The molecule has 6 rings (SSSR count). The van der Waals surface area contributed by atoms with Crippen LogP contribution in [0.25, 0.3) is 0 Å². The summed E-state index contributed by atoms with van der Waals surface area (Å²) < 4.78 is 15.2. The normalized spacial score (nSPS) is 25.9. The molecule has 0 spiro atoms. The Morgan fingerprint density at radius 3 is 2.62 bits per heavy atom. The number of benzene rings is 1. The van der Waals surface area contributed by atoms with Crippen LogP contribution >= 0.6 is 0 Å². The molecule has 0 N–H and O–H groups in total. The topological polar surface area (TPSA) is 41.4 Å². The Balaban J connectivity index is 1.29. The Morgan fingerprint density at radius 2 is 1.93 bits per heavy atom. The van der Waals surface area contributed by atoms with E-state index >= 15 is 0 Å². The van der Waals surface area contributed by atoms with Crippen molar-refractivity contribution in [3.63, 3.8) is 0 Å². The molecule has 6 heteroatoms. The predicted molar refractivity (Wildman–Crippen MR) is 109 cm³/mol. The van der Waals surface area contributed by atoms with E-state index < -0.39 is 0 Å². The molecule has 4 aliphatic heterocycles. The molecule has 0 aliphatic carbocycles. The van der Waals surface area contributed by atoms with Crippen LogP contribution in [0.3, 0.4) is 0 Å². The Labute approximate surface area is 171 Å². The molecule has 154 valence electrons. The van der Waals surface area contributed by atoms with Crippen LogP contribution in [0.15, 0.2) is 24.3 Å². The van der Waals surface area contributed by atoms with Gasteiger partial charge in [0, 0.05) is 19.5 Å². The number of hydrogen-bond donors (Lipinski definition) is 0. The second kappa shape index (κ2) is 7.56. The molecule has 5 heterocycles. The molecule has 1 unspecified atom stereocenters. The fraction of sp³-hybridized carbons (Fsp3) is 0.565. The average Bonchev–Trinajstić information content (AvgIpc) is 3.05. The fourth-order valence-corrected chi connectivity index (χ4v) is 5.45. The third-order valence-corrected chi connectivity index (χ3v) is 7.17. The zero-order valence-electron chi connectivity index (χ0n) is 17.1. The summed E-state index contributed by atoms with van der Waals surface area (Å²) in [5.74, 6) is 1.33. The van der Waals surface area contributed by atoms with Gasteiger partial charge >= 0.3 is 0 Å². The number of aromatic nitrogens is 2. The lowest BCUT2D eigenvalue weighted by Gasteiger charge is -2.45. The number of carbonyl (C=O) groups excluding carboxylic acids is 1. The minimum Gasteiger partial charge on any atom is -0.336 e. The van der Waals surface area contributed by atoms with Gasteiger partial charge in [-0.2, -0.15) is 5.10 Å². The SMILES string of the molecule is Cc1nn(Cc2ccc(F)cc2)c2c1CCN(C(=O)CC1CN3CCC1CC3)C2. The lowest BCUT2D eigenvalue weighted by molar-refractivity contribution is -0.134. The van der Waals surface area contributed by atoms with E-state index in [1.54, 1.807) is 12.1 Å². The summed E-state index contributed by atoms with van der Waals surface area (Å²) in [6, 6.07) is 6.58. The van der Waals surface area contributed by atoms with Crippen molar-refractivity contribution in [3.05, 3.63) is 52.6 Å². The van der Waals surface area contributed by atoms with Gasteiger partial charge in [-0.3, -0.25) is 9.48 Å². The van der Waals surface area contributed by atoms with E-state index in [4.69, 9.17) is 5.10 Å². The maximum absolute atomic E-state index is 13.2. The zero-order valence-corrected chi connectivity index (χ0v) is 17.1. The van der Waals surface area contributed by atoms with Gasteiger partial charge in [0.25, 0.3) is 0 Å². The number of fused-ring (bicyclic) bond motifs is 4. The molecule has 2 bridgehead atoms. The second-order valence-electron chi connectivity index (χ2n) is 8.96. The molecule has 5 nitrogen and oxygen atoms in total. The van der Waals surface area contributed by atoms with E-state index in [2.05, 4.69) is 4.90 Å². The van der Waals surface area contributed by atoms with Gasteiger partial charge in [0.05, 0.1) is 24.5 Å². The summed E-state index contributed by atoms with van der Waals surface area (Å²) in [5.41, 5.74) is 4.48. The largest absolute Gasteiger partial charge is 0.336 e. The van der Waals surface area contributed by atoms with E-state index in [0.717, 1.165) is 42.4 Å². The lowest BCUT2D eigenvalue weighted by Crippen LogP contribution is -2.49. The summed E-state index contributed by atoms with van der Waals surface area (Å²) >= 11 is 0. The smallest absolute Gasteiger partial charge is 0.223 e. The van der Waals surface area contributed by atoms with Crippen LogP contribution in [-0.4, -0.2) is 51.7 Å². The Hall–Kier alpha value is -2.21. The second-order valence-corrected chi connectivity index (χ2v) is 8.96. The first-order valence-electron chi connectivity index (χ1n) is 10.9. The monoisotopic (exact) mass is 396 g/mol. The minimum absolute atomic E-state index is 0.225. The molecule has 2 aromatic rings. The van der Waals surface area contributed by atoms with Crippen molar-refractivity contribution in [3.8, 4) is 0 Å². The van der Waals surface area contributed by atoms with Crippen molar-refractivity contribution < 1.29 is 9.18 Å². The van der Waals surface area contributed by atoms with Crippen LogP contribution in [0.2, 0.25) is 0 Å². The molecule has 0 saturated carbocycles. The third kappa shape index (κ3) is 3.70. The van der Waals surface area contributed by atoms with Crippen LogP contribution in [-0.2, 0) is 24.3 Å². The number of amides is 1. The summed E-state index contributed by atoms with van der Waals surface area (Å²) in [4.78, 5) is 17.7. The van der Waals surface area contributed by atoms with Crippen molar-refractivity contribution in [2.45, 2.75) is 45.7 Å².